The average molecular weight is 420 g/mol. The van der Waals surface area contributed by atoms with Gasteiger partial charge in [0.15, 0.2) is 11.5 Å². The number of ether oxygens (including phenoxy) is 2. The number of carbonyl (C=O) groups is 1. The Morgan fingerprint density at radius 3 is 3.00 bits per heavy atom. The van der Waals surface area contributed by atoms with Crippen LogP contribution < -0.4 is 14.8 Å². The number of aryl methyl sites for hydroxylation is 1. The molecule has 4 heterocycles. The topological polar surface area (TPSA) is 94.4 Å². The highest BCUT2D eigenvalue weighted by Gasteiger charge is 2.29. The monoisotopic (exact) mass is 420 g/mol. The summed E-state index contributed by atoms with van der Waals surface area (Å²) in [4.78, 5) is 28.2. The largest absolute Gasteiger partial charge is 0.454 e. The zero-order valence-electron chi connectivity index (χ0n) is 17.3. The minimum absolute atomic E-state index is 0.00909. The van der Waals surface area contributed by atoms with E-state index in [1.54, 1.807) is 17.1 Å². The van der Waals surface area contributed by atoms with Gasteiger partial charge in [0.1, 0.15) is 6.33 Å². The highest BCUT2D eigenvalue weighted by Crippen LogP contribution is 2.33. The molecule has 31 heavy (non-hydrogen) atoms. The molecular formula is C22H24N6O3. The third kappa shape index (κ3) is 4.22. The van der Waals surface area contributed by atoms with E-state index in [1.807, 2.05) is 37.4 Å². The number of nitrogens with zero attached hydrogens (tertiary/aromatic N) is 5. The summed E-state index contributed by atoms with van der Waals surface area (Å²) in [7, 11) is 0. The van der Waals surface area contributed by atoms with Crippen LogP contribution in [0.2, 0.25) is 0 Å². The van der Waals surface area contributed by atoms with E-state index in [9.17, 15) is 4.79 Å². The van der Waals surface area contributed by atoms with Crippen molar-refractivity contribution in [3.63, 3.8) is 0 Å². The van der Waals surface area contributed by atoms with Crippen LogP contribution in [-0.2, 0) is 11.3 Å². The highest BCUT2D eigenvalue weighted by atomic mass is 16.7. The van der Waals surface area contributed by atoms with E-state index in [-0.39, 0.29) is 18.7 Å². The van der Waals surface area contributed by atoms with E-state index in [4.69, 9.17) is 14.5 Å². The van der Waals surface area contributed by atoms with Gasteiger partial charge in [0.2, 0.25) is 18.6 Å². The van der Waals surface area contributed by atoms with E-state index in [0.29, 0.717) is 19.0 Å². The second-order valence-electron chi connectivity index (χ2n) is 7.80. The lowest BCUT2D eigenvalue weighted by atomic mass is 10.1. The second kappa shape index (κ2) is 8.35. The van der Waals surface area contributed by atoms with Crippen molar-refractivity contribution in [2.45, 2.75) is 32.4 Å². The number of nitrogens with one attached hydrogen (secondary N) is 1. The van der Waals surface area contributed by atoms with Crippen molar-refractivity contribution in [2.24, 2.45) is 0 Å². The van der Waals surface area contributed by atoms with Crippen LogP contribution in [0.3, 0.4) is 0 Å². The van der Waals surface area contributed by atoms with E-state index in [2.05, 4.69) is 20.2 Å². The Balaban J connectivity index is 1.24. The average Bonchev–Trinajstić information content (AvgIpc) is 3.53. The van der Waals surface area contributed by atoms with Gasteiger partial charge >= 0.3 is 0 Å². The predicted octanol–water partition coefficient (Wildman–Crippen LogP) is 2.15. The minimum Gasteiger partial charge on any atom is -0.454 e. The molecule has 160 valence electrons. The zero-order valence-corrected chi connectivity index (χ0v) is 17.3. The summed E-state index contributed by atoms with van der Waals surface area (Å²) in [6.07, 6.45) is 7.22. The molecule has 3 aromatic rings. The fourth-order valence-electron chi connectivity index (χ4n) is 4.08. The van der Waals surface area contributed by atoms with Gasteiger partial charge < -0.3 is 14.8 Å². The first-order valence-electron chi connectivity index (χ1n) is 10.4. The van der Waals surface area contributed by atoms with Gasteiger partial charge in [-0.25, -0.2) is 15.0 Å². The summed E-state index contributed by atoms with van der Waals surface area (Å²) in [5.74, 6) is 2.06. The van der Waals surface area contributed by atoms with Gasteiger partial charge in [-0.15, -0.1) is 0 Å². The zero-order chi connectivity index (χ0) is 21.2. The molecule has 0 saturated carbocycles. The van der Waals surface area contributed by atoms with Crippen LogP contribution in [0, 0.1) is 6.92 Å². The van der Waals surface area contributed by atoms with Gasteiger partial charge in [-0.1, -0.05) is 6.07 Å². The van der Waals surface area contributed by atoms with Crippen LogP contribution in [0.25, 0.3) is 5.95 Å². The van der Waals surface area contributed by atoms with Crippen molar-refractivity contribution >= 4 is 5.91 Å². The van der Waals surface area contributed by atoms with Gasteiger partial charge in [-0.3, -0.25) is 14.3 Å². The fourth-order valence-corrected chi connectivity index (χ4v) is 4.08. The van der Waals surface area contributed by atoms with Crippen LogP contribution in [0.4, 0.5) is 0 Å². The molecule has 1 amide bonds. The molecule has 1 fully saturated rings. The second-order valence-corrected chi connectivity index (χ2v) is 7.80. The van der Waals surface area contributed by atoms with Gasteiger partial charge in [-0.05, 0) is 50.1 Å². The number of benzene rings is 1. The summed E-state index contributed by atoms with van der Waals surface area (Å²) >= 11 is 0. The fraction of sp³-hybridized carbons (Fsp3) is 0.364. The van der Waals surface area contributed by atoms with Crippen LogP contribution in [-0.4, -0.2) is 50.2 Å². The molecule has 2 aliphatic heterocycles. The minimum atomic E-state index is -0.00909. The van der Waals surface area contributed by atoms with Crippen molar-refractivity contribution in [3.05, 3.63) is 59.9 Å². The summed E-state index contributed by atoms with van der Waals surface area (Å²) in [5, 5.41) is 3.01. The molecule has 1 saturated heterocycles. The molecule has 1 N–H and O–H groups in total. The van der Waals surface area contributed by atoms with Crippen molar-refractivity contribution in [3.8, 4) is 17.4 Å². The van der Waals surface area contributed by atoms with Crippen LogP contribution >= 0.6 is 0 Å². The third-order valence-corrected chi connectivity index (χ3v) is 5.58. The number of rotatable bonds is 6. The Morgan fingerprint density at radius 1 is 1.23 bits per heavy atom. The Bertz CT molecular complexity index is 1080. The molecule has 9 heteroatoms. The predicted molar refractivity (Wildman–Crippen MR) is 112 cm³/mol. The summed E-state index contributed by atoms with van der Waals surface area (Å²) in [6, 6.07) is 7.82. The number of aromatic nitrogens is 4. The maximum atomic E-state index is 12.6. The van der Waals surface area contributed by atoms with Crippen molar-refractivity contribution in [2.75, 3.05) is 19.9 Å². The van der Waals surface area contributed by atoms with Gasteiger partial charge in [-0.2, -0.15) is 0 Å². The van der Waals surface area contributed by atoms with E-state index in [0.717, 1.165) is 47.8 Å². The SMILES string of the molecule is Cc1cc(C2CCCN2CC(=O)NCc2ccc3c(c2)OCO3)nc(-n2ccnc2)n1. The quantitative estimate of drug-likeness (QED) is 0.653. The van der Waals surface area contributed by atoms with E-state index in [1.165, 1.54) is 0 Å². The molecule has 1 atom stereocenters. The molecule has 0 spiro atoms. The molecule has 0 radical (unpaired) electrons. The molecule has 9 nitrogen and oxygen atoms in total. The summed E-state index contributed by atoms with van der Waals surface area (Å²) < 4.78 is 12.5. The first kappa shape index (κ1) is 19.5. The maximum Gasteiger partial charge on any atom is 0.235 e. The first-order valence-corrected chi connectivity index (χ1v) is 10.4. The highest BCUT2D eigenvalue weighted by molar-refractivity contribution is 5.78. The van der Waals surface area contributed by atoms with Crippen LogP contribution in [0.1, 0.15) is 35.8 Å². The van der Waals surface area contributed by atoms with E-state index >= 15 is 0 Å². The lowest BCUT2D eigenvalue weighted by Crippen LogP contribution is -2.37. The van der Waals surface area contributed by atoms with Crippen molar-refractivity contribution in [1.29, 1.82) is 0 Å². The Hall–Kier alpha value is -3.46. The Morgan fingerprint density at radius 2 is 2.13 bits per heavy atom. The van der Waals surface area contributed by atoms with Gasteiger partial charge in [0.05, 0.1) is 18.3 Å². The third-order valence-electron chi connectivity index (χ3n) is 5.58. The molecular weight excluding hydrogens is 396 g/mol. The number of hydrogen-bond acceptors (Lipinski definition) is 7. The lowest BCUT2D eigenvalue weighted by Gasteiger charge is -2.24. The molecule has 2 aliphatic rings. The van der Waals surface area contributed by atoms with Crippen LogP contribution in [0.5, 0.6) is 11.5 Å². The van der Waals surface area contributed by atoms with Crippen molar-refractivity contribution in [1.82, 2.24) is 29.7 Å². The maximum absolute atomic E-state index is 12.6. The molecule has 5 rings (SSSR count). The molecule has 1 aromatic carbocycles. The normalized spacial score (nSPS) is 17.8. The molecule has 1 unspecified atom stereocenters. The molecule has 0 aliphatic carbocycles. The van der Waals surface area contributed by atoms with Crippen LogP contribution in [0.15, 0.2) is 43.0 Å². The molecule has 0 bridgehead atoms. The Kier molecular flexibility index (Phi) is 5.25. The van der Waals surface area contributed by atoms with Gasteiger partial charge in [0, 0.05) is 24.6 Å². The molecule has 2 aromatic heterocycles. The number of hydrogen-bond donors (Lipinski definition) is 1. The van der Waals surface area contributed by atoms with Gasteiger partial charge in [0.25, 0.3) is 0 Å². The number of carbonyl (C=O) groups excluding carboxylic acids is 1. The number of likely N-dealkylation sites (tertiary alicyclic amines) is 1. The summed E-state index contributed by atoms with van der Waals surface area (Å²) in [6.45, 7) is 3.85. The number of amides is 1. The first-order chi connectivity index (χ1) is 15.2. The van der Waals surface area contributed by atoms with E-state index < -0.39 is 0 Å². The standard InChI is InChI=1S/C22H24N6O3/c1-15-9-17(26-22(25-15)28-8-6-23-13-28)18-3-2-7-27(18)12-21(29)24-11-16-4-5-19-20(10-16)31-14-30-19/h4-6,8-10,13,18H,2-3,7,11-12,14H2,1H3,(H,24,29). The van der Waals surface area contributed by atoms with Crippen molar-refractivity contribution < 1.29 is 14.3 Å². The number of imidazole rings is 1. The lowest BCUT2D eigenvalue weighted by molar-refractivity contribution is -0.122. The summed E-state index contributed by atoms with van der Waals surface area (Å²) in [5.41, 5.74) is 2.82. The smallest absolute Gasteiger partial charge is 0.235 e. The number of fused-ring (bicyclic) bond motifs is 1. The Labute approximate surface area is 180 Å².